The number of hydrogen-bond acceptors (Lipinski definition) is 6. The van der Waals surface area contributed by atoms with Crippen LogP contribution in [0.4, 0.5) is 5.95 Å². The van der Waals surface area contributed by atoms with Crippen LogP contribution in [0, 0.1) is 0 Å². The summed E-state index contributed by atoms with van der Waals surface area (Å²) in [4.78, 5) is 12.9. The van der Waals surface area contributed by atoms with Crippen molar-refractivity contribution in [2.24, 2.45) is 0 Å². The van der Waals surface area contributed by atoms with Gasteiger partial charge < -0.3 is 10.1 Å². The van der Waals surface area contributed by atoms with Crippen molar-refractivity contribution in [2.75, 3.05) is 12.4 Å². The van der Waals surface area contributed by atoms with Gasteiger partial charge in [-0.2, -0.15) is 20.1 Å². The maximum atomic E-state index is 5.97. The number of anilines is 1. The number of aromatic nitrogens is 5. The van der Waals surface area contributed by atoms with Crippen molar-refractivity contribution in [2.45, 2.75) is 44.6 Å². The normalized spacial score (nSPS) is 16.4. The quantitative estimate of drug-likeness (QED) is 0.869. The van der Waals surface area contributed by atoms with E-state index in [-0.39, 0.29) is 6.10 Å². The van der Waals surface area contributed by atoms with Crippen molar-refractivity contribution in [3.8, 4) is 12.0 Å². The molecule has 112 valence electrons. The van der Waals surface area contributed by atoms with E-state index in [1.54, 1.807) is 24.1 Å². The number of ether oxygens (including phenoxy) is 1. The van der Waals surface area contributed by atoms with Gasteiger partial charge in [0.1, 0.15) is 6.10 Å². The van der Waals surface area contributed by atoms with Crippen LogP contribution in [0.2, 0.25) is 0 Å². The summed E-state index contributed by atoms with van der Waals surface area (Å²) in [7, 11) is 1.78. The molecule has 7 heteroatoms. The number of hydrogen-bond donors (Lipinski definition) is 1. The van der Waals surface area contributed by atoms with E-state index in [2.05, 4.69) is 25.4 Å². The first-order valence-corrected chi connectivity index (χ1v) is 7.45. The number of rotatable bonds is 4. The topological polar surface area (TPSA) is 77.8 Å². The van der Waals surface area contributed by atoms with Crippen LogP contribution in [0.5, 0.6) is 6.01 Å². The maximum absolute atomic E-state index is 5.97. The molecule has 2 heterocycles. The highest BCUT2D eigenvalue weighted by Gasteiger charge is 2.17. The molecule has 0 unspecified atom stereocenters. The Morgan fingerprint density at radius 1 is 1.14 bits per heavy atom. The standard InChI is InChI=1S/C14H20N6O/c1-15-12-17-13(20-10-6-9-16-20)19-14(18-12)21-11-7-4-2-3-5-8-11/h6,9-11H,2-5,7-8H2,1H3,(H,15,17,18,19). The molecule has 0 bridgehead atoms. The Balaban J connectivity index is 1.82. The number of nitrogens with one attached hydrogen (secondary N) is 1. The largest absolute Gasteiger partial charge is 0.460 e. The molecule has 3 rings (SSSR count). The fourth-order valence-corrected chi connectivity index (χ4v) is 2.51. The summed E-state index contributed by atoms with van der Waals surface area (Å²) in [6, 6.07) is 2.20. The van der Waals surface area contributed by atoms with Gasteiger partial charge in [-0.05, 0) is 31.7 Å². The second-order valence-electron chi connectivity index (χ2n) is 5.17. The molecule has 0 aliphatic heterocycles. The van der Waals surface area contributed by atoms with Crippen molar-refractivity contribution >= 4 is 5.95 Å². The molecule has 1 fully saturated rings. The average Bonchev–Trinajstić information content (AvgIpc) is 2.93. The first kappa shape index (κ1) is 13.8. The lowest BCUT2D eigenvalue weighted by Crippen LogP contribution is -2.18. The van der Waals surface area contributed by atoms with Gasteiger partial charge in [-0.3, -0.25) is 0 Å². The van der Waals surface area contributed by atoms with Crippen LogP contribution in [0.25, 0.3) is 5.95 Å². The second-order valence-corrected chi connectivity index (χ2v) is 5.17. The third-order valence-corrected chi connectivity index (χ3v) is 3.61. The van der Waals surface area contributed by atoms with Gasteiger partial charge in [-0.15, -0.1) is 0 Å². The minimum Gasteiger partial charge on any atom is -0.460 e. The first-order chi connectivity index (χ1) is 10.3. The Morgan fingerprint density at radius 2 is 1.95 bits per heavy atom. The fraction of sp³-hybridized carbons (Fsp3) is 0.571. The van der Waals surface area contributed by atoms with E-state index in [1.807, 2.05) is 6.07 Å². The van der Waals surface area contributed by atoms with Gasteiger partial charge in [0, 0.05) is 19.4 Å². The molecule has 21 heavy (non-hydrogen) atoms. The van der Waals surface area contributed by atoms with E-state index in [0.29, 0.717) is 17.9 Å². The lowest BCUT2D eigenvalue weighted by molar-refractivity contribution is 0.167. The molecule has 0 aromatic carbocycles. The zero-order valence-corrected chi connectivity index (χ0v) is 12.2. The predicted octanol–water partition coefficient (Wildman–Crippen LogP) is 2.20. The summed E-state index contributed by atoms with van der Waals surface area (Å²) in [6.45, 7) is 0. The average molecular weight is 288 g/mol. The van der Waals surface area contributed by atoms with Crippen molar-refractivity contribution < 1.29 is 4.74 Å². The van der Waals surface area contributed by atoms with E-state index >= 15 is 0 Å². The van der Waals surface area contributed by atoms with Gasteiger partial charge >= 0.3 is 6.01 Å². The van der Waals surface area contributed by atoms with Crippen LogP contribution in [-0.4, -0.2) is 37.9 Å². The Morgan fingerprint density at radius 3 is 2.62 bits per heavy atom. The third kappa shape index (κ3) is 3.48. The zero-order chi connectivity index (χ0) is 14.5. The first-order valence-electron chi connectivity index (χ1n) is 7.45. The van der Waals surface area contributed by atoms with Crippen molar-refractivity contribution in [3.63, 3.8) is 0 Å². The molecule has 2 aromatic heterocycles. The van der Waals surface area contributed by atoms with Crippen LogP contribution in [0.1, 0.15) is 38.5 Å². The highest BCUT2D eigenvalue weighted by molar-refractivity contribution is 5.29. The highest BCUT2D eigenvalue weighted by atomic mass is 16.5. The van der Waals surface area contributed by atoms with Crippen molar-refractivity contribution in [3.05, 3.63) is 18.5 Å². The van der Waals surface area contributed by atoms with Crippen LogP contribution in [-0.2, 0) is 0 Å². The summed E-state index contributed by atoms with van der Waals surface area (Å²) < 4.78 is 7.57. The lowest BCUT2D eigenvalue weighted by atomic mass is 10.2. The smallest absolute Gasteiger partial charge is 0.323 e. The minimum absolute atomic E-state index is 0.199. The Bertz CT molecular complexity index is 563. The third-order valence-electron chi connectivity index (χ3n) is 3.61. The highest BCUT2D eigenvalue weighted by Crippen LogP contribution is 2.21. The van der Waals surface area contributed by atoms with Gasteiger partial charge in [0.25, 0.3) is 5.95 Å². The van der Waals surface area contributed by atoms with E-state index in [9.17, 15) is 0 Å². The molecule has 1 aliphatic rings. The monoisotopic (exact) mass is 288 g/mol. The summed E-state index contributed by atoms with van der Waals surface area (Å²) in [5.41, 5.74) is 0. The Labute approximate surface area is 123 Å². The molecule has 0 spiro atoms. The van der Waals surface area contributed by atoms with E-state index in [0.717, 1.165) is 12.8 Å². The molecule has 0 amide bonds. The molecule has 2 aromatic rings. The van der Waals surface area contributed by atoms with Crippen molar-refractivity contribution in [1.82, 2.24) is 24.7 Å². The van der Waals surface area contributed by atoms with Gasteiger partial charge in [-0.1, -0.05) is 12.8 Å². The summed E-state index contributed by atoms with van der Waals surface area (Å²) in [5.74, 6) is 0.946. The van der Waals surface area contributed by atoms with E-state index < -0.39 is 0 Å². The minimum atomic E-state index is 0.199. The molecule has 1 aliphatic carbocycles. The molecule has 1 N–H and O–H groups in total. The zero-order valence-electron chi connectivity index (χ0n) is 12.2. The summed E-state index contributed by atoms with van der Waals surface area (Å²) in [6.07, 6.45) is 10.8. The van der Waals surface area contributed by atoms with E-state index in [1.165, 1.54) is 25.7 Å². The molecule has 0 atom stereocenters. The summed E-state index contributed by atoms with van der Waals surface area (Å²) >= 11 is 0. The van der Waals surface area contributed by atoms with Gasteiger partial charge in [0.2, 0.25) is 5.95 Å². The molecule has 0 saturated heterocycles. The SMILES string of the molecule is CNc1nc(OC2CCCCCC2)nc(-n2cccn2)n1. The number of nitrogens with zero attached hydrogens (tertiary/aromatic N) is 5. The predicted molar refractivity (Wildman–Crippen MR) is 78.6 cm³/mol. The van der Waals surface area contributed by atoms with Crippen LogP contribution in [0.3, 0.4) is 0 Å². The van der Waals surface area contributed by atoms with Gasteiger partial charge in [0.05, 0.1) is 0 Å². The van der Waals surface area contributed by atoms with Crippen LogP contribution in [0.15, 0.2) is 18.5 Å². The Kier molecular flexibility index (Phi) is 4.28. The fourth-order valence-electron chi connectivity index (χ4n) is 2.51. The lowest BCUT2D eigenvalue weighted by Gasteiger charge is -2.16. The van der Waals surface area contributed by atoms with Gasteiger partial charge in [-0.25, -0.2) is 4.68 Å². The molecular formula is C14H20N6O. The molecular weight excluding hydrogens is 268 g/mol. The van der Waals surface area contributed by atoms with Crippen molar-refractivity contribution in [1.29, 1.82) is 0 Å². The Hall–Kier alpha value is -2.18. The maximum Gasteiger partial charge on any atom is 0.323 e. The molecule has 1 saturated carbocycles. The molecule has 0 radical (unpaired) electrons. The van der Waals surface area contributed by atoms with Crippen LogP contribution < -0.4 is 10.1 Å². The molecule has 7 nitrogen and oxygen atoms in total. The van der Waals surface area contributed by atoms with Crippen LogP contribution >= 0.6 is 0 Å². The second kappa shape index (κ2) is 6.51. The summed E-state index contributed by atoms with van der Waals surface area (Å²) in [5, 5.41) is 7.08. The van der Waals surface area contributed by atoms with Gasteiger partial charge in [0.15, 0.2) is 0 Å². The van der Waals surface area contributed by atoms with E-state index in [4.69, 9.17) is 4.74 Å².